The normalized spacial score (nSPS) is 12.6. The second kappa shape index (κ2) is 23.0. The maximum atomic E-state index is 2.41. The van der Waals surface area contributed by atoms with E-state index in [1.54, 1.807) is 0 Å². The minimum atomic E-state index is 1.02. The summed E-state index contributed by atoms with van der Waals surface area (Å²) >= 11 is 0. The van der Waals surface area contributed by atoms with E-state index >= 15 is 0 Å². The lowest BCUT2D eigenvalue weighted by atomic mass is 9.92. The first kappa shape index (κ1) is 26.0. The van der Waals surface area contributed by atoms with Crippen LogP contribution < -0.4 is 0 Å². The SMILES string of the molecule is CCCCCCCCCCCCCC(CC)CCCCCCCCCC. The van der Waals surface area contributed by atoms with Gasteiger partial charge in [0.2, 0.25) is 0 Å². The molecule has 0 rings (SSSR count). The van der Waals surface area contributed by atoms with E-state index < -0.39 is 0 Å². The van der Waals surface area contributed by atoms with Gasteiger partial charge >= 0.3 is 0 Å². The third-order valence-corrected chi connectivity index (χ3v) is 6.26. The molecule has 158 valence electrons. The standard InChI is InChI=1S/C26H54/c1-4-7-9-11-13-15-16-17-19-21-23-25-26(6-3)24-22-20-18-14-12-10-8-5-2/h26H,4-25H2,1-3H3. The van der Waals surface area contributed by atoms with Crippen molar-refractivity contribution in [2.24, 2.45) is 5.92 Å². The van der Waals surface area contributed by atoms with Crippen molar-refractivity contribution >= 4 is 0 Å². The first-order valence-corrected chi connectivity index (χ1v) is 12.8. The summed E-state index contributed by atoms with van der Waals surface area (Å²) in [5.74, 6) is 1.02. The van der Waals surface area contributed by atoms with Crippen LogP contribution in [0.15, 0.2) is 0 Å². The Morgan fingerprint density at radius 2 is 0.615 bits per heavy atom. The summed E-state index contributed by atoms with van der Waals surface area (Å²) in [6, 6.07) is 0. The lowest BCUT2D eigenvalue weighted by Crippen LogP contribution is -1.99. The second-order valence-electron chi connectivity index (χ2n) is 8.86. The summed E-state index contributed by atoms with van der Waals surface area (Å²) < 4.78 is 0. The van der Waals surface area contributed by atoms with Crippen molar-refractivity contribution in [1.82, 2.24) is 0 Å². The van der Waals surface area contributed by atoms with Crippen molar-refractivity contribution in [2.45, 2.75) is 162 Å². The third kappa shape index (κ3) is 20.3. The highest BCUT2D eigenvalue weighted by Crippen LogP contribution is 2.22. The molecule has 0 heteroatoms. The Bertz CT molecular complexity index is 232. The molecule has 0 fully saturated rings. The van der Waals surface area contributed by atoms with E-state index in [2.05, 4.69) is 20.8 Å². The number of hydrogen-bond acceptors (Lipinski definition) is 0. The van der Waals surface area contributed by atoms with E-state index in [4.69, 9.17) is 0 Å². The Kier molecular flexibility index (Phi) is 23.0. The average Bonchev–Trinajstić information content (AvgIpc) is 2.66. The van der Waals surface area contributed by atoms with Crippen LogP contribution in [0.4, 0.5) is 0 Å². The summed E-state index contributed by atoms with van der Waals surface area (Å²) in [6.45, 7) is 7.02. The topological polar surface area (TPSA) is 0 Å². The molecule has 0 N–H and O–H groups in total. The van der Waals surface area contributed by atoms with E-state index in [1.807, 2.05) is 0 Å². The minimum absolute atomic E-state index is 1.02. The molecule has 0 aliphatic rings. The Morgan fingerprint density at radius 3 is 0.885 bits per heavy atom. The molecule has 0 aromatic heterocycles. The van der Waals surface area contributed by atoms with E-state index in [0.29, 0.717) is 0 Å². The lowest BCUT2D eigenvalue weighted by Gasteiger charge is -2.14. The largest absolute Gasteiger partial charge is 0.0654 e. The molecule has 1 unspecified atom stereocenters. The van der Waals surface area contributed by atoms with Gasteiger partial charge in [0.05, 0.1) is 0 Å². The van der Waals surface area contributed by atoms with Gasteiger partial charge in [-0.1, -0.05) is 162 Å². The number of hydrogen-bond donors (Lipinski definition) is 0. The van der Waals surface area contributed by atoms with Gasteiger partial charge in [0.1, 0.15) is 0 Å². The second-order valence-corrected chi connectivity index (χ2v) is 8.86. The maximum absolute atomic E-state index is 2.41. The summed E-state index contributed by atoms with van der Waals surface area (Å²) in [5.41, 5.74) is 0. The van der Waals surface area contributed by atoms with Gasteiger partial charge in [0.25, 0.3) is 0 Å². The molecule has 0 bridgehead atoms. The van der Waals surface area contributed by atoms with Gasteiger partial charge in [-0.3, -0.25) is 0 Å². The zero-order valence-electron chi connectivity index (χ0n) is 19.1. The Hall–Kier alpha value is 0. The third-order valence-electron chi connectivity index (χ3n) is 6.26. The van der Waals surface area contributed by atoms with Crippen LogP contribution in [-0.4, -0.2) is 0 Å². The van der Waals surface area contributed by atoms with Crippen LogP contribution in [0, 0.1) is 5.92 Å². The highest BCUT2D eigenvalue weighted by Gasteiger charge is 2.05. The molecule has 0 saturated carbocycles. The van der Waals surface area contributed by atoms with Crippen molar-refractivity contribution in [3.63, 3.8) is 0 Å². The van der Waals surface area contributed by atoms with Crippen molar-refractivity contribution in [1.29, 1.82) is 0 Å². The van der Waals surface area contributed by atoms with Gasteiger partial charge in [-0.25, -0.2) is 0 Å². The zero-order chi connectivity index (χ0) is 19.1. The molecule has 0 aliphatic carbocycles. The van der Waals surface area contributed by atoms with Gasteiger partial charge < -0.3 is 0 Å². The average molecular weight is 367 g/mol. The zero-order valence-corrected chi connectivity index (χ0v) is 19.1. The Morgan fingerprint density at radius 1 is 0.346 bits per heavy atom. The fourth-order valence-electron chi connectivity index (χ4n) is 4.22. The van der Waals surface area contributed by atoms with E-state index in [1.165, 1.54) is 141 Å². The molecular formula is C26H54. The molecule has 0 spiro atoms. The molecule has 0 radical (unpaired) electrons. The van der Waals surface area contributed by atoms with E-state index in [0.717, 1.165) is 5.92 Å². The quantitative estimate of drug-likeness (QED) is 0.167. The molecule has 0 aromatic carbocycles. The van der Waals surface area contributed by atoms with Gasteiger partial charge in [0, 0.05) is 0 Å². The van der Waals surface area contributed by atoms with E-state index in [9.17, 15) is 0 Å². The number of unbranched alkanes of at least 4 members (excludes halogenated alkanes) is 17. The highest BCUT2D eigenvalue weighted by atomic mass is 14.1. The number of rotatable bonds is 22. The van der Waals surface area contributed by atoms with Crippen LogP contribution in [-0.2, 0) is 0 Å². The van der Waals surface area contributed by atoms with Crippen LogP contribution in [0.5, 0.6) is 0 Å². The lowest BCUT2D eigenvalue weighted by molar-refractivity contribution is 0.392. The van der Waals surface area contributed by atoms with Crippen molar-refractivity contribution in [3.05, 3.63) is 0 Å². The molecule has 0 amide bonds. The fraction of sp³-hybridized carbons (Fsp3) is 1.00. The van der Waals surface area contributed by atoms with Crippen LogP contribution >= 0.6 is 0 Å². The van der Waals surface area contributed by atoms with Gasteiger partial charge in [-0.05, 0) is 5.92 Å². The summed E-state index contributed by atoms with van der Waals surface area (Å²) in [7, 11) is 0. The van der Waals surface area contributed by atoms with Gasteiger partial charge in [-0.2, -0.15) is 0 Å². The van der Waals surface area contributed by atoms with Crippen molar-refractivity contribution < 1.29 is 0 Å². The fourth-order valence-corrected chi connectivity index (χ4v) is 4.22. The Balaban J connectivity index is 3.27. The van der Waals surface area contributed by atoms with Crippen LogP contribution in [0.25, 0.3) is 0 Å². The van der Waals surface area contributed by atoms with Crippen molar-refractivity contribution in [2.75, 3.05) is 0 Å². The minimum Gasteiger partial charge on any atom is -0.0654 e. The summed E-state index contributed by atoms with van der Waals surface area (Å²) in [5, 5.41) is 0. The van der Waals surface area contributed by atoms with E-state index in [-0.39, 0.29) is 0 Å². The maximum Gasteiger partial charge on any atom is -0.0417 e. The van der Waals surface area contributed by atoms with Crippen molar-refractivity contribution in [3.8, 4) is 0 Å². The first-order chi connectivity index (χ1) is 12.8. The summed E-state index contributed by atoms with van der Waals surface area (Å²) in [4.78, 5) is 0. The smallest absolute Gasteiger partial charge is 0.0417 e. The molecular weight excluding hydrogens is 312 g/mol. The van der Waals surface area contributed by atoms with Crippen LogP contribution in [0.3, 0.4) is 0 Å². The first-order valence-electron chi connectivity index (χ1n) is 12.8. The highest BCUT2D eigenvalue weighted by molar-refractivity contribution is 4.59. The Labute approximate surface area is 168 Å². The molecule has 0 saturated heterocycles. The van der Waals surface area contributed by atoms with Crippen LogP contribution in [0.1, 0.15) is 162 Å². The monoisotopic (exact) mass is 366 g/mol. The molecule has 0 aromatic rings. The summed E-state index contributed by atoms with van der Waals surface area (Å²) in [6.07, 6.45) is 32.3. The molecule has 0 aliphatic heterocycles. The predicted octanol–water partition coefficient (Wildman–Crippen LogP) is 10.2. The predicted molar refractivity (Wildman–Crippen MR) is 122 cm³/mol. The molecule has 1 atom stereocenters. The van der Waals surface area contributed by atoms with Gasteiger partial charge in [-0.15, -0.1) is 0 Å². The molecule has 0 heterocycles. The van der Waals surface area contributed by atoms with Crippen LogP contribution in [0.2, 0.25) is 0 Å². The molecule has 0 nitrogen and oxygen atoms in total. The van der Waals surface area contributed by atoms with Gasteiger partial charge in [0.15, 0.2) is 0 Å². The molecule has 26 heavy (non-hydrogen) atoms.